The van der Waals surface area contributed by atoms with Crippen LogP contribution in [0.3, 0.4) is 0 Å². The van der Waals surface area contributed by atoms with Crippen molar-refractivity contribution in [2.24, 2.45) is 5.92 Å². The Hall–Kier alpha value is -0.130. The predicted octanol–water partition coefficient (Wildman–Crippen LogP) is 2.54. The molecule has 5 heteroatoms. The van der Waals surface area contributed by atoms with E-state index in [1.807, 2.05) is 0 Å². The number of rotatable bonds is 3. The summed E-state index contributed by atoms with van der Waals surface area (Å²) in [6.45, 7) is 1.14. The maximum Gasteiger partial charge on any atom is 0.214 e. The van der Waals surface area contributed by atoms with E-state index in [2.05, 4.69) is 0 Å². The van der Waals surface area contributed by atoms with Gasteiger partial charge < -0.3 is 4.74 Å². The van der Waals surface area contributed by atoms with E-state index in [0.29, 0.717) is 24.8 Å². The summed E-state index contributed by atoms with van der Waals surface area (Å²) >= 11 is 0. The summed E-state index contributed by atoms with van der Waals surface area (Å²) in [7, 11) is -3.10. The Morgan fingerprint density at radius 3 is 2.45 bits per heavy atom. The molecule has 2 aliphatic carbocycles. The molecule has 2 atom stereocenters. The van der Waals surface area contributed by atoms with Gasteiger partial charge in [0.15, 0.2) is 0 Å². The fourth-order valence-electron chi connectivity index (χ4n) is 4.15. The first-order chi connectivity index (χ1) is 9.67. The van der Waals surface area contributed by atoms with Gasteiger partial charge in [0.25, 0.3) is 0 Å². The van der Waals surface area contributed by atoms with E-state index in [1.54, 1.807) is 4.31 Å². The Morgan fingerprint density at radius 2 is 1.65 bits per heavy atom. The van der Waals surface area contributed by atoms with E-state index in [0.717, 1.165) is 32.1 Å². The van der Waals surface area contributed by atoms with Crippen molar-refractivity contribution in [3.05, 3.63) is 0 Å². The van der Waals surface area contributed by atoms with Gasteiger partial charge in [0, 0.05) is 6.54 Å². The van der Waals surface area contributed by atoms with Crippen LogP contribution in [0.5, 0.6) is 0 Å². The average molecular weight is 301 g/mol. The topological polar surface area (TPSA) is 46.6 Å². The number of fused-ring (bicyclic) bond motifs is 1. The highest BCUT2D eigenvalue weighted by Crippen LogP contribution is 2.32. The van der Waals surface area contributed by atoms with Crippen LogP contribution in [0.15, 0.2) is 0 Å². The van der Waals surface area contributed by atoms with Gasteiger partial charge in [0.05, 0.1) is 24.5 Å². The van der Waals surface area contributed by atoms with Crippen molar-refractivity contribution < 1.29 is 13.2 Å². The molecule has 0 unspecified atom stereocenters. The fraction of sp³-hybridized carbons (Fsp3) is 1.00. The van der Waals surface area contributed by atoms with E-state index < -0.39 is 10.0 Å². The SMILES string of the molecule is O=S(=O)(CC1CCCCC1)N1CCO[C@H]2CCCC[C@H]21. The van der Waals surface area contributed by atoms with Crippen molar-refractivity contribution in [3.8, 4) is 0 Å². The van der Waals surface area contributed by atoms with Crippen LogP contribution in [0, 0.1) is 5.92 Å². The van der Waals surface area contributed by atoms with Crippen LogP contribution in [-0.2, 0) is 14.8 Å². The van der Waals surface area contributed by atoms with Crippen molar-refractivity contribution in [3.63, 3.8) is 0 Å². The zero-order valence-electron chi connectivity index (χ0n) is 12.3. The number of morpholine rings is 1. The zero-order chi connectivity index (χ0) is 14.0. The van der Waals surface area contributed by atoms with Crippen LogP contribution in [-0.4, -0.2) is 43.8 Å². The number of hydrogen-bond donors (Lipinski definition) is 0. The lowest BCUT2D eigenvalue weighted by molar-refractivity contribution is -0.0587. The maximum atomic E-state index is 12.8. The van der Waals surface area contributed by atoms with Gasteiger partial charge in [-0.05, 0) is 31.6 Å². The first-order valence-corrected chi connectivity index (χ1v) is 9.89. The van der Waals surface area contributed by atoms with Gasteiger partial charge >= 0.3 is 0 Å². The van der Waals surface area contributed by atoms with Gasteiger partial charge in [0.2, 0.25) is 10.0 Å². The first kappa shape index (κ1) is 14.8. The molecule has 1 heterocycles. The molecule has 3 fully saturated rings. The molecule has 0 amide bonds. The van der Waals surface area contributed by atoms with Crippen LogP contribution in [0.1, 0.15) is 57.8 Å². The second kappa shape index (κ2) is 6.32. The molecular formula is C15H27NO3S. The molecule has 3 aliphatic rings. The van der Waals surface area contributed by atoms with Crippen molar-refractivity contribution in [2.45, 2.75) is 69.9 Å². The summed E-state index contributed by atoms with van der Waals surface area (Å²) < 4.78 is 33.1. The summed E-state index contributed by atoms with van der Waals surface area (Å²) in [4.78, 5) is 0. The number of nitrogens with zero attached hydrogens (tertiary/aromatic N) is 1. The standard InChI is InChI=1S/C15H27NO3S/c17-20(18,12-13-6-2-1-3-7-13)16-10-11-19-15-9-5-4-8-14(15)16/h13-15H,1-12H2/t14-,15+/m1/s1. The maximum absolute atomic E-state index is 12.8. The average Bonchev–Trinajstić information content (AvgIpc) is 2.47. The molecule has 3 rings (SSSR count). The molecule has 0 spiro atoms. The van der Waals surface area contributed by atoms with E-state index in [9.17, 15) is 8.42 Å². The van der Waals surface area contributed by atoms with Crippen LogP contribution >= 0.6 is 0 Å². The Bertz CT molecular complexity index is 415. The second-order valence-corrected chi connectivity index (χ2v) is 8.62. The lowest BCUT2D eigenvalue weighted by Gasteiger charge is -2.43. The Balaban J connectivity index is 1.68. The summed E-state index contributed by atoms with van der Waals surface area (Å²) in [6.07, 6.45) is 10.4. The van der Waals surface area contributed by atoms with E-state index >= 15 is 0 Å². The lowest BCUT2D eigenvalue weighted by Crippen LogP contribution is -2.55. The molecule has 1 aliphatic heterocycles. The fourth-order valence-corrected chi connectivity index (χ4v) is 6.28. The van der Waals surface area contributed by atoms with Crippen molar-refractivity contribution >= 4 is 10.0 Å². The lowest BCUT2D eigenvalue weighted by atomic mass is 9.91. The molecule has 4 nitrogen and oxygen atoms in total. The number of hydrogen-bond acceptors (Lipinski definition) is 3. The van der Waals surface area contributed by atoms with Crippen LogP contribution < -0.4 is 0 Å². The van der Waals surface area contributed by atoms with Crippen molar-refractivity contribution in [1.29, 1.82) is 0 Å². The molecule has 0 aromatic heterocycles. The highest BCUT2D eigenvalue weighted by Gasteiger charge is 2.40. The normalized spacial score (nSPS) is 33.8. The summed E-state index contributed by atoms with van der Waals surface area (Å²) in [6, 6.07) is 0.117. The van der Waals surface area contributed by atoms with Crippen molar-refractivity contribution in [1.82, 2.24) is 4.31 Å². The summed E-state index contributed by atoms with van der Waals surface area (Å²) in [5, 5.41) is 0. The molecular weight excluding hydrogens is 274 g/mol. The third-order valence-corrected chi connectivity index (χ3v) is 7.27. The highest BCUT2D eigenvalue weighted by atomic mass is 32.2. The van der Waals surface area contributed by atoms with E-state index in [4.69, 9.17) is 4.74 Å². The molecule has 0 radical (unpaired) electrons. The molecule has 0 aromatic rings. The van der Waals surface area contributed by atoms with Gasteiger partial charge in [-0.15, -0.1) is 0 Å². The molecule has 2 saturated carbocycles. The largest absolute Gasteiger partial charge is 0.375 e. The summed E-state index contributed by atoms with van der Waals surface area (Å²) in [5.41, 5.74) is 0. The quantitative estimate of drug-likeness (QED) is 0.805. The minimum absolute atomic E-state index is 0.117. The molecule has 1 saturated heterocycles. The van der Waals surface area contributed by atoms with Crippen LogP contribution in [0.4, 0.5) is 0 Å². The van der Waals surface area contributed by atoms with Gasteiger partial charge in [-0.1, -0.05) is 32.1 Å². The third-order valence-electron chi connectivity index (χ3n) is 5.21. The molecule has 0 bridgehead atoms. The number of sulfonamides is 1. The Morgan fingerprint density at radius 1 is 0.950 bits per heavy atom. The van der Waals surface area contributed by atoms with E-state index in [1.165, 1.54) is 25.7 Å². The van der Waals surface area contributed by atoms with Gasteiger partial charge in [-0.3, -0.25) is 0 Å². The zero-order valence-corrected chi connectivity index (χ0v) is 13.1. The highest BCUT2D eigenvalue weighted by molar-refractivity contribution is 7.89. The smallest absolute Gasteiger partial charge is 0.214 e. The molecule has 0 aromatic carbocycles. The van der Waals surface area contributed by atoms with Gasteiger partial charge in [-0.2, -0.15) is 4.31 Å². The third kappa shape index (κ3) is 3.20. The minimum Gasteiger partial charge on any atom is -0.375 e. The Kier molecular flexibility index (Phi) is 4.68. The molecule has 20 heavy (non-hydrogen) atoms. The second-order valence-electron chi connectivity index (χ2n) is 6.65. The van der Waals surface area contributed by atoms with Crippen molar-refractivity contribution in [2.75, 3.05) is 18.9 Å². The van der Waals surface area contributed by atoms with Crippen LogP contribution in [0.25, 0.3) is 0 Å². The monoisotopic (exact) mass is 301 g/mol. The summed E-state index contributed by atoms with van der Waals surface area (Å²) in [5.74, 6) is 0.759. The van der Waals surface area contributed by atoms with Crippen LogP contribution in [0.2, 0.25) is 0 Å². The van der Waals surface area contributed by atoms with E-state index in [-0.39, 0.29) is 12.1 Å². The number of ether oxygens (including phenoxy) is 1. The Labute approximate surface area is 122 Å². The molecule has 116 valence electrons. The molecule has 0 N–H and O–H groups in total. The van der Waals surface area contributed by atoms with Gasteiger partial charge in [0.1, 0.15) is 0 Å². The first-order valence-electron chi connectivity index (χ1n) is 8.28. The van der Waals surface area contributed by atoms with Gasteiger partial charge in [-0.25, -0.2) is 8.42 Å². The minimum atomic E-state index is -3.10. The predicted molar refractivity (Wildman–Crippen MR) is 79.1 cm³/mol.